The molecule has 1 atom stereocenters. The van der Waals surface area contributed by atoms with Crippen LogP contribution in [0.2, 0.25) is 0 Å². The monoisotopic (exact) mass is 245 g/mol. The molecule has 2 heteroatoms. The Bertz CT molecular complexity index is 468. The van der Waals surface area contributed by atoms with E-state index in [2.05, 4.69) is 37.0 Å². The maximum absolute atomic E-state index is 10.0. The summed E-state index contributed by atoms with van der Waals surface area (Å²) in [5, 5.41) is 10.0. The van der Waals surface area contributed by atoms with Crippen LogP contribution in [0.5, 0.6) is 0 Å². The zero-order valence-electron chi connectivity index (χ0n) is 11.8. The summed E-state index contributed by atoms with van der Waals surface area (Å²) < 4.78 is 0. The summed E-state index contributed by atoms with van der Waals surface area (Å²) in [4.78, 5) is 4.61. The molecule has 0 aliphatic carbocycles. The van der Waals surface area contributed by atoms with Gasteiger partial charge in [-0.25, -0.2) is 0 Å². The first-order chi connectivity index (χ1) is 8.41. The van der Waals surface area contributed by atoms with Crippen LogP contribution in [0.3, 0.4) is 0 Å². The molecule has 1 heterocycles. The van der Waals surface area contributed by atoms with Crippen LogP contribution in [-0.4, -0.2) is 23.0 Å². The summed E-state index contributed by atoms with van der Waals surface area (Å²) in [5.74, 6) is 0.249. The van der Waals surface area contributed by atoms with Crippen molar-refractivity contribution in [1.29, 1.82) is 0 Å². The van der Waals surface area contributed by atoms with Crippen molar-refractivity contribution in [2.75, 3.05) is 6.54 Å². The Labute approximate surface area is 110 Å². The quantitative estimate of drug-likeness (QED) is 0.872. The predicted molar refractivity (Wildman–Crippen MR) is 76.4 cm³/mol. The fourth-order valence-electron chi connectivity index (χ4n) is 2.54. The lowest BCUT2D eigenvalue weighted by Crippen LogP contribution is -2.31. The fraction of sp³-hybridized carbons (Fsp3) is 0.562. The second kappa shape index (κ2) is 4.85. The first-order valence-electron chi connectivity index (χ1n) is 6.77. The summed E-state index contributed by atoms with van der Waals surface area (Å²) in [6.07, 6.45) is 1.96. The van der Waals surface area contributed by atoms with Gasteiger partial charge in [0, 0.05) is 18.2 Å². The Morgan fingerprint density at radius 3 is 2.61 bits per heavy atom. The number of aliphatic imine (C=N–C) groups is 1. The Hall–Kier alpha value is -1.15. The standard InChI is InChI=1S/C16H23NO/c1-5-12-6-7-13(8-11(12)2)15-9-14(10-17-15)16(3,4)18/h6-8,14,18H,5,9-10H2,1-4H3. The molecular weight excluding hydrogens is 222 g/mol. The molecule has 1 aromatic carbocycles. The molecule has 1 aliphatic heterocycles. The first-order valence-corrected chi connectivity index (χ1v) is 6.77. The second-order valence-electron chi connectivity index (χ2n) is 5.84. The highest BCUT2D eigenvalue weighted by molar-refractivity contribution is 6.02. The largest absolute Gasteiger partial charge is 0.390 e. The molecule has 18 heavy (non-hydrogen) atoms. The minimum atomic E-state index is -0.635. The number of hydrogen-bond acceptors (Lipinski definition) is 2. The molecule has 1 aliphatic rings. The van der Waals surface area contributed by atoms with E-state index in [0.717, 1.165) is 25.1 Å². The molecule has 1 N–H and O–H groups in total. The molecule has 0 radical (unpaired) electrons. The highest BCUT2D eigenvalue weighted by Crippen LogP contribution is 2.28. The minimum Gasteiger partial charge on any atom is -0.390 e. The van der Waals surface area contributed by atoms with E-state index in [1.165, 1.54) is 16.7 Å². The summed E-state index contributed by atoms with van der Waals surface area (Å²) in [6, 6.07) is 6.59. The number of rotatable bonds is 3. The molecule has 0 bridgehead atoms. The molecule has 2 nitrogen and oxygen atoms in total. The Morgan fingerprint density at radius 2 is 2.11 bits per heavy atom. The SMILES string of the molecule is CCc1ccc(C2=NCC(C(C)(C)O)C2)cc1C. The summed E-state index contributed by atoms with van der Waals surface area (Å²) in [7, 11) is 0. The fourth-order valence-corrected chi connectivity index (χ4v) is 2.54. The second-order valence-corrected chi connectivity index (χ2v) is 5.84. The van der Waals surface area contributed by atoms with E-state index in [1.807, 2.05) is 13.8 Å². The van der Waals surface area contributed by atoms with Gasteiger partial charge in [0.1, 0.15) is 0 Å². The maximum atomic E-state index is 10.0. The van der Waals surface area contributed by atoms with Gasteiger partial charge in [0.25, 0.3) is 0 Å². The van der Waals surface area contributed by atoms with Crippen LogP contribution in [0.1, 0.15) is 43.9 Å². The van der Waals surface area contributed by atoms with E-state index in [4.69, 9.17) is 0 Å². The van der Waals surface area contributed by atoms with Crippen molar-refractivity contribution in [2.45, 2.75) is 46.1 Å². The molecule has 0 saturated heterocycles. The molecule has 0 saturated carbocycles. The van der Waals surface area contributed by atoms with Crippen molar-refractivity contribution in [3.05, 3.63) is 34.9 Å². The van der Waals surface area contributed by atoms with Gasteiger partial charge >= 0.3 is 0 Å². The summed E-state index contributed by atoms with van der Waals surface area (Å²) in [5.41, 5.74) is 4.47. The van der Waals surface area contributed by atoms with Crippen LogP contribution in [-0.2, 0) is 6.42 Å². The number of aliphatic hydroxyl groups is 1. The van der Waals surface area contributed by atoms with Gasteiger partial charge in [-0.05, 0) is 56.4 Å². The van der Waals surface area contributed by atoms with Crippen molar-refractivity contribution in [3.8, 4) is 0 Å². The summed E-state index contributed by atoms with van der Waals surface area (Å²) >= 11 is 0. The number of hydrogen-bond donors (Lipinski definition) is 1. The van der Waals surface area contributed by atoms with Crippen molar-refractivity contribution in [3.63, 3.8) is 0 Å². The van der Waals surface area contributed by atoms with Gasteiger partial charge in [-0.1, -0.05) is 19.1 Å². The number of benzene rings is 1. The lowest BCUT2D eigenvalue weighted by Gasteiger charge is -2.24. The average Bonchev–Trinajstić information content (AvgIpc) is 2.77. The van der Waals surface area contributed by atoms with Crippen LogP contribution in [0.25, 0.3) is 0 Å². The molecule has 1 unspecified atom stereocenters. The Morgan fingerprint density at radius 1 is 1.39 bits per heavy atom. The lowest BCUT2D eigenvalue weighted by molar-refractivity contribution is 0.0271. The molecule has 0 aromatic heterocycles. The maximum Gasteiger partial charge on any atom is 0.0641 e. The van der Waals surface area contributed by atoms with Crippen LogP contribution in [0, 0.1) is 12.8 Å². The molecule has 98 valence electrons. The van der Waals surface area contributed by atoms with Gasteiger partial charge in [-0.2, -0.15) is 0 Å². The molecule has 2 rings (SSSR count). The van der Waals surface area contributed by atoms with Crippen molar-refractivity contribution < 1.29 is 5.11 Å². The Kier molecular flexibility index (Phi) is 3.58. The third-order valence-electron chi connectivity index (χ3n) is 4.00. The lowest BCUT2D eigenvalue weighted by atomic mass is 9.87. The molecular formula is C16H23NO. The van der Waals surface area contributed by atoms with E-state index in [-0.39, 0.29) is 5.92 Å². The highest BCUT2D eigenvalue weighted by atomic mass is 16.3. The molecule has 1 aromatic rings. The average molecular weight is 245 g/mol. The normalized spacial score (nSPS) is 20.1. The molecule has 0 spiro atoms. The van der Waals surface area contributed by atoms with Gasteiger partial charge in [-0.15, -0.1) is 0 Å². The van der Waals surface area contributed by atoms with Crippen molar-refractivity contribution in [2.24, 2.45) is 10.9 Å². The van der Waals surface area contributed by atoms with Gasteiger partial charge < -0.3 is 5.11 Å². The van der Waals surface area contributed by atoms with Crippen molar-refractivity contribution >= 4 is 5.71 Å². The predicted octanol–water partition coefficient (Wildman–Crippen LogP) is 3.14. The van der Waals surface area contributed by atoms with Gasteiger partial charge in [0.2, 0.25) is 0 Å². The zero-order chi connectivity index (χ0) is 13.3. The molecule has 0 amide bonds. The van der Waals surface area contributed by atoms with E-state index in [9.17, 15) is 5.11 Å². The smallest absolute Gasteiger partial charge is 0.0641 e. The highest BCUT2D eigenvalue weighted by Gasteiger charge is 2.31. The zero-order valence-corrected chi connectivity index (χ0v) is 11.8. The van der Waals surface area contributed by atoms with Crippen LogP contribution in [0.4, 0.5) is 0 Å². The van der Waals surface area contributed by atoms with E-state index in [0.29, 0.717) is 0 Å². The van der Waals surface area contributed by atoms with E-state index in [1.54, 1.807) is 0 Å². The first kappa shape index (κ1) is 13.3. The van der Waals surface area contributed by atoms with E-state index >= 15 is 0 Å². The minimum absolute atomic E-state index is 0.249. The Balaban J connectivity index is 2.17. The van der Waals surface area contributed by atoms with Crippen molar-refractivity contribution in [1.82, 2.24) is 0 Å². The van der Waals surface area contributed by atoms with E-state index < -0.39 is 5.60 Å². The van der Waals surface area contributed by atoms with Crippen LogP contribution in [0.15, 0.2) is 23.2 Å². The van der Waals surface area contributed by atoms with Gasteiger partial charge in [-0.3, -0.25) is 4.99 Å². The molecule has 0 fully saturated rings. The summed E-state index contributed by atoms with van der Waals surface area (Å²) in [6.45, 7) is 8.83. The van der Waals surface area contributed by atoms with Gasteiger partial charge in [0.15, 0.2) is 0 Å². The van der Waals surface area contributed by atoms with Crippen LogP contribution < -0.4 is 0 Å². The van der Waals surface area contributed by atoms with Gasteiger partial charge in [0.05, 0.1) is 5.60 Å². The number of nitrogens with zero attached hydrogens (tertiary/aromatic N) is 1. The third-order valence-corrected chi connectivity index (χ3v) is 4.00. The third kappa shape index (κ3) is 2.64. The van der Waals surface area contributed by atoms with Crippen LogP contribution >= 0.6 is 0 Å². The topological polar surface area (TPSA) is 32.6 Å². The number of aryl methyl sites for hydroxylation is 2.